The van der Waals surface area contributed by atoms with Crippen LogP contribution in [0.2, 0.25) is 0 Å². The van der Waals surface area contributed by atoms with Gasteiger partial charge in [-0.15, -0.1) is 11.3 Å². The van der Waals surface area contributed by atoms with Gasteiger partial charge in [0.2, 0.25) is 0 Å². The number of hydrogen-bond acceptors (Lipinski definition) is 4. The number of thiophene rings is 1. The van der Waals surface area contributed by atoms with E-state index in [9.17, 15) is 9.59 Å². The van der Waals surface area contributed by atoms with Crippen molar-refractivity contribution in [1.29, 1.82) is 0 Å². The molecule has 0 aliphatic heterocycles. The Bertz CT molecular complexity index is 1070. The molecular formula is C24H25NO3S. The third kappa shape index (κ3) is 5.33. The molecule has 0 bridgehead atoms. The van der Waals surface area contributed by atoms with Crippen LogP contribution in [-0.4, -0.2) is 18.5 Å². The summed E-state index contributed by atoms with van der Waals surface area (Å²) >= 11 is 1.58. The fraction of sp³-hybridized carbons (Fsp3) is 0.250. The predicted molar refractivity (Wildman–Crippen MR) is 121 cm³/mol. The lowest BCUT2D eigenvalue weighted by Gasteiger charge is -2.19. The summed E-state index contributed by atoms with van der Waals surface area (Å²) in [5.41, 5.74) is 2.49. The molecule has 0 aliphatic carbocycles. The lowest BCUT2D eigenvalue weighted by Crippen LogP contribution is -2.15. The number of benzene rings is 2. The molecule has 0 spiro atoms. The van der Waals surface area contributed by atoms with Gasteiger partial charge in [0, 0.05) is 26.9 Å². The number of ether oxygens (including phenoxy) is 1. The van der Waals surface area contributed by atoms with E-state index in [1.165, 1.54) is 6.08 Å². The summed E-state index contributed by atoms with van der Waals surface area (Å²) in [6.07, 6.45) is 3.18. The Labute approximate surface area is 175 Å². The molecule has 2 aromatic carbocycles. The van der Waals surface area contributed by atoms with Gasteiger partial charge >= 0.3 is 5.97 Å². The van der Waals surface area contributed by atoms with Gasteiger partial charge in [-0.05, 0) is 65.8 Å². The quantitative estimate of drug-likeness (QED) is 0.415. The monoisotopic (exact) mass is 407 g/mol. The highest BCUT2D eigenvalue weighted by molar-refractivity contribution is 7.19. The summed E-state index contributed by atoms with van der Waals surface area (Å²) in [5.74, 6) is -0.483. The summed E-state index contributed by atoms with van der Waals surface area (Å²) in [7, 11) is 0. The van der Waals surface area contributed by atoms with Gasteiger partial charge in [-0.25, -0.2) is 4.79 Å². The maximum Gasteiger partial charge on any atom is 0.330 e. The van der Waals surface area contributed by atoms with Crippen LogP contribution in [0, 0.1) is 0 Å². The molecule has 1 aromatic heterocycles. The molecular weight excluding hydrogens is 382 g/mol. The molecule has 4 nitrogen and oxygen atoms in total. The third-order valence-electron chi connectivity index (χ3n) is 4.45. The van der Waals surface area contributed by atoms with Gasteiger partial charge in [0.1, 0.15) is 0 Å². The highest BCUT2D eigenvalue weighted by atomic mass is 32.1. The molecule has 0 saturated carbocycles. The normalized spacial score (nSPS) is 11.7. The lowest BCUT2D eigenvalue weighted by molar-refractivity contribution is -0.137. The minimum absolute atomic E-state index is 0.0145. The second-order valence-corrected chi connectivity index (χ2v) is 8.89. The molecule has 5 heteroatoms. The first-order chi connectivity index (χ1) is 13.8. The van der Waals surface area contributed by atoms with Crippen LogP contribution in [0.3, 0.4) is 0 Å². The van der Waals surface area contributed by atoms with Gasteiger partial charge in [-0.1, -0.05) is 32.9 Å². The molecule has 1 N–H and O–H groups in total. The van der Waals surface area contributed by atoms with Crippen LogP contribution in [0.4, 0.5) is 5.69 Å². The van der Waals surface area contributed by atoms with E-state index in [-0.39, 0.29) is 17.3 Å². The van der Waals surface area contributed by atoms with Gasteiger partial charge in [0.15, 0.2) is 0 Å². The summed E-state index contributed by atoms with van der Waals surface area (Å²) in [6, 6.07) is 15.5. The Morgan fingerprint density at radius 2 is 1.90 bits per heavy atom. The largest absolute Gasteiger partial charge is 0.463 e. The maximum absolute atomic E-state index is 12.7. The number of carbonyl (C=O) groups excluding carboxylic acids is 2. The average Bonchev–Trinajstić information content (AvgIpc) is 3.08. The van der Waals surface area contributed by atoms with E-state index in [2.05, 4.69) is 26.1 Å². The zero-order valence-electron chi connectivity index (χ0n) is 17.1. The van der Waals surface area contributed by atoms with E-state index in [0.29, 0.717) is 12.2 Å². The number of rotatable bonds is 5. The maximum atomic E-state index is 12.7. The molecule has 1 amide bonds. The van der Waals surface area contributed by atoms with E-state index in [0.717, 1.165) is 26.2 Å². The number of esters is 1. The molecule has 150 valence electrons. The molecule has 0 unspecified atom stereocenters. The molecule has 0 saturated heterocycles. The number of fused-ring (bicyclic) bond motifs is 1. The van der Waals surface area contributed by atoms with Crippen molar-refractivity contribution in [1.82, 2.24) is 0 Å². The smallest absolute Gasteiger partial charge is 0.330 e. The van der Waals surface area contributed by atoms with Crippen LogP contribution in [0.15, 0.2) is 54.6 Å². The van der Waals surface area contributed by atoms with E-state index in [4.69, 9.17) is 4.74 Å². The highest BCUT2D eigenvalue weighted by Gasteiger charge is 2.16. The number of amides is 1. The fourth-order valence-corrected chi connectivity index (χ4v) is 3.84. The van der Waals surface area contributed by atoms with Crippen LogP contribution in [0.25, 0.3) is 16.2 Å². The molecule has 29 heavy (non-hydrogen) atoms. The molecule has 0 fully saturated rings. The SMILES string of the molecule is CCOC(=O)/C=C/c1cc2cc(NC(=O)c3cccc(C(C)(C)C)c3)ccc2s1. The summed E-state index contributed by atoms with van der Waals surface area (Å²) in [4.78, 5) is 25.1. The van der Waals surface area contributed by atoms with Crippen LogP contribution in [0.1, 0.15) is 48.5 Å². The van der Waals surface area contributed by atoms with Gasteiger partial charge < -0.3 is 10.1 Å². The van der Waals surface area contributed by atoms with Crippen molar-refractivity contribution in [2.45, 2.75) is 33.1 Å². The zero-order valence-corrected chi connectivity index (χ0v) is 17.9. The van der Waals surface area contributed by atoms with Crippen molar-refractivity contribution in [2.24, 2.45) is 0 Å². The summed E-state index contributed by atoms with van der Waals surface area (Å²) < 4.78 is 5.99. The average molecular weight is 408 g/mol. The Balaban J connectivity index is 1.77. The van der Waals surface area contributed by atoms with Crippen LogP contribution < -0.4 is 5.32 Å². The number of nitrogens with one attached hydrogen (secondary N) is 1. The van der Waals surface area contributed by atoms with Crippen molar-refractivity contribution >= 4 is 45.1 Å². The zero-order chi connectivity index (χ0) is 21.0. The van der Waals surface area contributed by atoms with Crippen molar-refractivity contribution in [3.63, 3.8) is 0 Å². The molecule has 3 aromatic rings. The predicted octanol–water partition coefficient (Wildman–Crippen LogP) is 6.03. The van der Waals surface area contributed by atoms with Crippen molar-refractivity contribution in [2.75, 3.05) is 11.9 Å². The number of anilines is 1. The molecule has 1 heterocycles. The van der Waals surface area contributed by atoms with E-state index < -0.39 is 0 Å². The first kappa shape index (κ1) is 20.8. The van der Waals surface area contributed by atoms with Gasteiger partial charge in [-0.2, -0.15) is 0 Å². The Morgan fingerprint density at radius 3 is 2.62 bits per heavy atom. The summed E-state index contributed by atoms with van der Waals surface area (Å²) in [6.45, 7) is 8.52. The molecule has 0 radical (unpaired) electrons. The van der Waals surface area contributed by atoms with E-state index >= 15 is 0 Å². The number of hydrogen-bond donors (Lipinski definition) is 1. The van der Waals surface area contributed by atoms with Crippen molar-refractivity contribution < 1.29 is 14.3 Å². The third-order valence-corrected chi connectivity index (χ3v) is 5.54. The van der Waals surface area contributed by atoms with Gasteiger partial charge in [0.05, 0.1) is 6.61 Å². The van der Waals surface area contributed by atoms with Gasteiger partial charge in [0.25, 0.3) is 5.91 Å². The highest BCUT2D eigenvalue weighted by Crippen LogP contribution is 2.29. The van der Waals surface area contributed by atoms with E-state index in [1.807, 2.05) is 48.5 Å². The molecule has 0 atom stereocenters. The topological polar surface area (TPSA) is 55.4 Å². The minimum Gasteiger partial charge on any atom is -0.463 e. The van der Waals surface area contributed by atoms with Crippen LogP contribution >= 0.6 is 11.3 Å². The van der Waals surface area contributed by atoms with Crippen molar-refractivity contribution in [3.8, 4) is 0 Å². The van der Waals surface area contributed by atoms with Crippen LogP contribution in [0.5, 0.6) is 0 Å². The van der Waals surface area contributed by atoms with Gasteiger partial charge in [-0.3, -0.25) is 4.79 Å². The van der Waals surface area contributed by atoms with Crippen molar-refractivity contribution in [3.05, 3.63) is 70.6 Å². The Morgan fingerprint density at radius 1 is 1.10 bits per heavy atom. The number of carbonyl (C=O) groups is 2. The molecule has 0 aliphatic rings. The second kappa shape index (κ2) is 8.62. The first-order valence-corrected chi connectivity index (χ1v) is 10.4. The lowest BCUT2D eigenvalue weighted by atomic mass is 9.86. The second-order valence-electron chi connectivity index (χ2n) is 7.77. The Hall–Kier alpha value is -2.92. The molecule has 3 rings (SSSR count). The minimum atomic E-state index is -0.351. The standard InChI is InChI=1S/C24H25NO3S/c1-5-28-22(26)12-10-20-15-17-14-19(9-11-21(17)29-20)25-23(27)16-7-6-8-18(13-16)24(2,3)4/h6-15H,5H2,1-4H3,(H,25,27)/b12-10+. The summed E-state index contributed by atoms with van der Waals surface area (Å²) in [5, 5.41) is 3.99. The fourth-order valence-electron chi connectivity index (χ4n) is 2.89. The van der Waals surface area contributed by atoms with Crippen LogP contribution in [-0.2, 0) is 14.9 Å². The van der Waals surface area contributed by atoms with E-state index in [1.54, 1.807) is 24.3 Å². The Kier molecular flexibility index (Phi) is 6.18. The first-order valence-electron chi connectivity index (χ1n) is 9.56.